The highest BCUT2D eigenvalue weighted by atomic mass is 16.4. The molecule has 2 rings (SSSR count). The van der Waals surface area contributed by atoms with Crippen LogP contribution in [0.5, 0.6) is 0 Å². The molecular formula is C13H13N3O4. The van der Waals surface area contributed by atoms with Crippen molar-refractivity contribution in [3.63, 3.8) is 0 Å². The molecule has 0 bridgehead atoms. The molecule has 20 heavy (non-hydrogen) atoms. The van der Waals surface area contributed by atoms with E-state index in [-0.39, 0.29) is 0 Å². The standard InChI is InChI=1S/C13H13N3O4/c17-8-11(13(19)20)15-12(18)9-2-4-10(5-3-9)16-7-1-6-14-16/h1-7,11,17H,8H2,(H,15,18)(H,19,20)/t11-/m0/s1. The number of nitrogens with one attached hydrogen (secondary N) is 1. The number of hydrogen-bond donors (Lipinski definition) is 3. The van der Waals surface area contributed by atoms with Crippen LogP contribution in [0.1, 0.15) is 10.4 Å². The van der Waals surface area contributed by atoms with E-state index in [1.165, 1.54) is 0 Å². The minimum Gasteiger partial charge on any atom is -0.480 e. The van der Waals surface area contributed by atoms with Crippen LogP contribution in [0.15, 0.2) is 42.7 Å². The van der Waals surface area contributed by atoms with Crippen LogP contribution in [0, 0.1) is 0 Å². The number of aliphatic hydroxyl groups is 1. The third-order valence-electron chi connectivity index (χ3n) is 2.68. The van der Waals surface area contributed by atoms with Crippen molar-refractivity contribution in [1.29, 1.82) is 0 Å². The van der Waals surface area contributed by atoms with Crippen LogP contribution in [0.4, 0.5) is 0 Å². The molecule has 7 heteroatoms. The number of aromatic nitrogens is 2. The number of carboxylic acid groups (broad SMARTS) is 1. The van der Waals surface area contributed by atoms with Gasteiger partial charge < -0.3 is 15.5 Å². The van der Waals surface area contributed by atoms with Gasteiger partial charge in [-0.05, 0) is 30.3 Å². The molecule has 0 saturated heterocycles. The van der Waals surface area contributed by atoms with E-state index >= 15 is 0 Å². The second-order valence-corrected chi connectivity index (χ2v) is 4.04. The summed E-state index contributed by atoms with van der Waals surface area (Å²) >= 11 is 0. The summed E-state index contributed by atoms with van der Waals surface area (Å²) in [5.41, 5.74) is 1.09. The Morgan fingerprint density at radius 3 is 2.50 bits per heavy atom. The molecule has 1 amide bonds. The van der Waals surface area contributed by atoms with E-state index in [1.807, 2.05) is 0 Å². The van der Waals surface area contributed by atoms with Crippen LogP contribution >= 0.6 is 0 Å². The topological polar surface area (TPSA) is 104 Å². The first-order valence-electron chi connectivity index (χ1n) is 5.86. The number of benzene rings is 1. The number of aliphatic hydroxyl groups excluding tert-OH is 1. The van der Waals surface area contributed by atoms with Gasteiger partial charge in [-0.1, -0.05) is 0 Å². The minimum atomic E-state index is -1.31. The molecule has 0 fully saturated rings. The van der Waals surface area contributed by atoms with E-state index < -0.39 is 24.5 Å². The summed E-state index contributed by atoms with van der Waals surface area (Å²) in [7, 11) is 0. The first-order valence-corrected chi connectivity index (χ1v) is 5.86. The van der Waals surface area contributed by atoms with Crippen molar-refractivity contribution in [2.75, 3.05) is 6.61 Å². The Hall–Kier alpha value is -2.67. The number of carbonyl (C=O) groups excluding carboxylic acids is 1. The Morgan fingerprint density at radius 1 is 1.30 bits per heavy atom. The average Bonchev–Trinajstić information content (AvgIpc) is 2.98. The quantitative estimate of drug-likeness (QED) is 0.715. The van der Waals surface area contributed by atoms with Crippen molar-refractivity contribution < 1.29 is 19.8 Å². The van der Waals surface area contributed by atoms with Crippen LogP contribution in [0.2, 0.25) is 0 Å². The van der Waals surface area contributed by atoms with Crippen molar-refractivity contribution in [3.05, 3.63) is 48.3 Å². The number of nitrogens with zero attached hydrogens (tertiary/aromatic N) is 2. The van der Waals surface area contributed by atoms with Gasteiger partial charge in [0.2, 0.25) is 0 Å². The molecule has 0 saturated carbocycles. The third-order valence-corrected chi connectivity index (χ3v) is 2.68. The highest BCUT2D eigenvalue weighted by molar-refractivity contribution is 5.96. The molecule has 0 spiro atoms. The Bertz CT molecular complexity index is 593. The van der Waals surface area contributed by atoms with E-state index in [0.717, 1.165) is 5.69 Å². The number of hydrogen-bond acceptors (Lipinski definition) is 4. The SMILES string of the molecule is O=C(N[C@@H](CO)C(=O)O)c1ccc(-n2cccn2)cc1. The average molecular weight is 275 g/mol. The van der Waals surface area contributed by atoms with Gasteiger partial charge in [-0.3, -0.25) is 4.79 Å². The number of carbonyl (C=O) groups is 2. The maximum atomic E-state index is 11.8. The summed E-state index contributed by atoms with van der Waals surface area (Å²) in [5, 5.41) is 23.9. The first kappa shape index (κ1) is 13.8. The van der Waals surface area contributed by atoms with Crippen LogP contribution in [0.3, 0.4) is 0 Å². The molecule has 0 aliphatic heterocycles. The zero-order valence-corrected chi connectivity index (χ0v) is 10.4. The minimum absolute atomic E-state index is 0.306. The van der Waals surface area contributed by atoms with Gasteiger partial charge in [0.1, 0.15) is 0 Å². The summed E-state index contributed by atoms with van der Waals surface area (Å²) in [6.07, 6.45) is 3.40. The lowest BCUT2D eigenvalue weighted by atomic mass is 10.2. The summed E-state index contributed by atoms with van der Waals surface area (Å²) in [6, 6.07) is 6.96. The predicted molar refractivity (Wildman–Crippen MR) is 69.5 cm³/mol. The second kappa shape index (κ2) is 5.98. The van der Waals surface area contributed by atoms with Crippen molar-refractivity contribution in [2.45, 2.75) is 6.04 Å². The monoisotopic (exact) mass is 275 g/mol. The number of aliphatic carboxylic acids is 1. The Labute approximate surface area is 114 Å². The van der Waals surface area contributed by atoms with Crippen LogP contribution < -0.4 is 5.32 Å². The second-order valence-electron chi connectivity index (χ2n) is 4.04. The van der Waals surface area contributed by atoms with E-state index in [1.54, 1.807) is 47.4 Å². The van der Waals surface area contributed by atoms with Crippen molar-refractivity contribution in [1.82, 2.24) is 15.1 Å². The molecule has 0 radical (unpaired) electrons. The Balaban J connectivity index is 2.10. The molecule has 0 aliphatic carbocycles. The number of carboxylic acids is 1. The van der Waals surface area contributed by atoms with Crippen LogP contribution in [-0.2, 0) is 4.79 Å². The normalized spacial score (nSPS) is 11.8. The highest BCUT2D eigenvalue weighted by Crippen LogP contribution is 2.08. The smallest absolute Gasteiger partial charge is 0.328 e. The predicted octanol–water partition coefficient (Wildman–Crippen LogP) is 0.0476. The summed E-state index contributed by atoms with van der Waals surface area (Å²) < 4.78 is 1.63. The fourth-order valence-electron chi connectivity index (χ4n) is 1.61. The molecule has 3 N–H and O–H groups in total. The van der Waals surface area contributed by atoms with Gasteiger partial charge in [-0.15, -0.1) is 0 Å². The van der Waals surface area contributed by atoms with Crippen LogP contribution in [-0.4, -0.2) is 44.5 Å². The van der Waals surface area contributed by atoms with Crippen molar-refractivity contribution in [2.24, 2.45) is 0 Å². The maximum Gasteiger partial charge on any atom is 0.328 e. The molecule has 0 aliphatic rings. The highest BCUT2D eigenvalue weighted by Gasteiger charge is 2.19. The molecule has 0 unspecified atom stereocenters. The lowest BCUT2D eigenvalue weighted by Gasteiger charge is -2.11. The maximum absolute atomic E-state index is 11.8. The van der Waals surface area contributed by atoms with E-state index in [2.05, 4.69) is 10.4 Å². The number of amides is 1. The largest absolute Gasteiger partial charge is 0.480 e. The van der Waals surface area contributed by atoms with Gasteiger partial charge in [-0.25, -0.2) is 9.48 Å². The molecule has 1 aromatic carbocycles. The fraction of sp³-hybridized carbons (Fsp3) is 0.154. The molecule has 7 nitrogen and oxygen atoms in total. The summed E-state index contributed by atoms with van der Waals surface area (Å²) in [6.45, 7) is -0.660. The Morgan fingerprint density at radius 2 is 2.00 bits per heavy atom. The van der Waals surface area contributed by atoms with E-state index in [4.69, 9.17) is 10.2 Å². The lowest BCUT2D eigenvalue weighted by Crippen LogP contribution is -2.43. The van der Waals surface area contributed by atoms with Crippen LogP contribution in [0.25, 0.3) is 5.69 Å². The first-order chi connectivity index (χ1) is 9.61. The van der Waals surface area contributed by atoms with Crippen molar-refractivity contribution >= 4 is 11.9 Å². The molecule has 1 aromatic heterocycles. The Kier molecular flexibility index (Phi) is 4.11. The lowest BCUT2D eigenvalue weighted by molar-refractivity contribution is -0.140. The molecule has 1 atom stereocenters. The van der Waals surface area contributed by atoms with Gasteiger partial charge in [0.15, 0.2) is 6.04 Å². The van der Waals surface area contributed by atoms with Gasteiger partial charge in [0, 0.05) is 18.0 Å². The van der Waals surface area contributed by atoms with E-state index in [9.17, 15) is 9.59 Å². The van der Waals surface area contributed by atoms with E-state index in [0.29, 0.717) is 5.56 Å². The van der Waals surface area contributed by atoms with Gasteiger partial charge in [0.05, 0.1) is 12.3 Å². The third kappa shape index (κ3) is 3.01. The van der Waals surface area contributed by atoms with Crippen molar-refractivity contribution in [3.8, 4) is 5.69 Å². The zero-order chi connectivity index (χ0) is 14.5. The molecule has 104 valence electrons. The summed E-state index contributed by atoms with van der Waals surface area (Å²) in [5.74, 6) is -1.84. The zero-order valence-electron chi connectivity index (χ0n) is 10.4. The molecule has 2 aromatic rings. The summed E-state index contributed by atoms with van der Waals surface area (Å²) in [4.78, 5) is 22.5. The molecule has 1 heterocycles. The number of rotatable bonds is 5. The van der Waals surface area contributed by atoms with Gasteiger partial charge >= 0.3 is 5.97 Å². The molecular weight excluding hydrogens is 262 g/mol. The van der Waals surface area contributed by atoms with Gasteiger partial charge in [0.25, 0.3) is 5.91 Å². The van der Waals surface area contributed by atoms with Gasteiger partial charge in [-0.2, -0.15) is 5.10 Å². The fourth-order valence-corrected chi connectivity index (χ4v) is 1.61.